The minimum Gasteiger partial charge on any atom is -0.428 e. The Morgan fingerprint density at radius 1 is 1.14 bits per heavy atom. The maximum Gasteiger partial charge on any atom is 0.516 e. The zero-order valence-electron chi connectivity index (χ0n) is 13.0. The summed E-state index contributed by atoms with van der Waals surface area (Å²) in [6.45, 7) is 5.04. The first kappa shape index (κ1) is 17.0. The highest BCUT2D eigenvalue weighted by Crippen LogP contribution is 2.18. The summed E-state index contributed by atoms with van der Waals surface area (Å²) in [6.07, 6.45) is -1.05. The molecule has 0 fully saturated rings. The molecule has 0 aromatic heterocycles. The van der Waals surface area contributed by atoms with E-state index >= 15 is 0 Å². The van der Waals surface area contributed by atoms with Crippen LogP contribution in [0, 0.1) is 0 Å². The zero-order chi connectivity index (χ0) is 16.2. The van der Waals surface area contributed by atoms with Crippen molar-refractivity contribution in [3.8, 4) is 0 Å². The first-order chi connectivity index (χ1) is 9.60. The SMILES string of the molecule is CN(C)c1ccc(C(N)C(=O)OC(=O)OC(C)(C)C)cc1. The van der Waals surface area contributed by atoms with Crippen LogP contribution in [0.25, 0.3) is 0 Å². The van der Waals surface area contributed by atoms with Gasteiger partial charge in [-0.25, -0.2) is 9.59 Å². The number of anilines is 1. The molecule has 0 saturated heterocycles. The summed E-state index contributed by atoms with van der Waals surface area (Å²) in [4.78, 5) is 25.1. The summed E-state index contributed by atoms with van der Waals surface area (Å²) in [6, 6.07) is 6.06. The van der Waals surface area contributed by atoms with Gasteiger partial charge in [-0.3, -0.25) is 0 Å². The number of esters is 1. The lowest BCUT2D eigenvalue weighted by molar-refractivity contribution is -0.143. The highest BCUT2D eigenvalue weighted by Gasteiger charge is 2.24. The molecule has 0 aliphatic rings. The number of hydrogen-bond donors (Lipinski definition) is 1. The van der Waals surface area contributed by atoms with E-state index in [1.54, 1.807) is 32.9 Å². The zero-order valence-corrected chi connectivity index (χ0v) is 13.0. The van der Waals surface area contributed by atoms with Crippen LogP contribution in [-0.4, -0.2) is 31.8 Å². The average molecular weight is 294 g/mol. The van der Waals surface area contributed by atoms with Crippen LogP contribution in [-0.2, 0) is 14.3 Å². The predicted octanol–water partition coefficient (Wildman–Crippen LogP) is 2.23. The maximum absolute atomic E-state index is 11.8. The molecule has 1 atom stereocenters. The second-order valence-electron chi connectivity index (χ2n) is 5.85. The lowest BCUT2D eigenvalue weighted by Crippen LogP contribution is -2.30. The molecule has 6 nitrogen and oxygen atoms in total. The Bertz CT molecular complexity index is 503. The Balaban J connectivity index is 2.68. The van der Waals surface area contributed by atoms with E-state index in [0.717, 1.165) is 5.69 Å². The summed E-state index contributed by atoms with van der Waals surface area (Å²) in [5.74, 6) is -0.846. The van der Waals surface area contributed by atoms with Crippen molar-refractivity contribution in [1.29, 1.82) is 0 Å². The molecular weight excluding hydrogens is 272 g/mol. The van der Waals surface area contributed by atoms with E-state index in [1.807, 2.05) is 31.1 Å². The van der Waals surface area contributed by atoms with E-state index in [2.05, 4.69) is 4.74 Å². The molecular formula is C15H22N2O4. The number of nitrogens with zero attached hydrogens (tertiary/aromatic N) is 1. The second kappa shape index (κ2) is 6.58. The molecule has 0 spiro atoms. The van der Waals surface area contributed by atoms with E-state index in [1.165, 1.54) is 0 Å². The Labute approximate surface area is 124 Å². The number of benzene rings is 1. The van der Waals surface area contributed by atoms with Crippen molar-refractivity contribution < 1.29 is 19.1 Å². The van der Waals surface area contributed by atoms with Crippen molar-refractivity contribution in [1.82, 2.24) is 0 Å². The molecule has 0 radical (unpaired) electrons. The normalized spacial score (nSPS) is 12.5. The number of rotatable bonds is 3. The highest BCUT2D eigenvalue weighted by atomic mass is 16.7. The van der Waals surface area contributed by atoms with Gasteiger partial charge in [0.2, 0.25) is 0 Å². The van der Waals surface area contributed by atoms with E-state index in [0.29, 0.717) is 5.56 Å². The molecule has 0 saturated carbocycles. The molecule has 116 valence electrons. The summed E-state index contributed by atoms with van der Waals surface area (Å²) in [5.41, 5.74) is 6.60. The standard InChI is InChI=1S/C15H22N2O4/c1-15(2,3)21-14(19)20-13(18)12(16)10-6-8-11(9-7-10)17(4)5/h6-9,12H,16H2,1-5H3. The van der Waals surface area contributed by atoms with E-state index in [-0.39, 0.29) is 0 Å². The van der Waals surface area contributed by atoms with Gasteiger partial charge in [-0.15, -0.1) is 0 Å². The lowest BCUT2D eigenvalue weighted by Gasteiger charge is -2.19. The van der Waals surface area contributed by atoms with Crippen molar-refractivity contribution in [2.45, 2.75) is 32.4 Å². The van der Waals surface area contributed by atoms with Crippen molar-refractivity contribution in [3.63, 3.8) is 0 Å². The van der Waals surface area contributed by atoms with Gasteiger partial charge in [0.25, 0.3) is 0 Å². The maximum atomic E-state index is 11.8. The fraction of sp³-hybridized carbons (Fsp3) is 0.467. The molecule has 1 rings (SSSR count). The molecule has 0 aliphatic carbocycles. The van der Waals surface area contributed by atoms with Crippen LogP contribution in [0.15, 0.2) is 24.3 Å². The van der Waals surface area contributed by atoms with Gasteiger partial charge in [0.15, 0.2) is 0 Å². The smallest absolute Gasteiger partial charge is 0.428 e. The van der Waals surface area contributed by atoms with Gasteiger partial charge < -0.3 is 20.1 Å². The summed E-state index contributed by atoms with van der Waals surface area (Å²) < 4.78 is 9.49. The average Bonchev–Trinajstić information content (AvgIpc) is 2.35. The van der Waals surface area contributed by atoms with E-state index in [9.17, 15) is 9.59 Å². The van der Waals surface area contributed by atoms with Crippen LogP contribution in [0.1, 0.15) is 32.4 Å². The third kappa shape index (κ3) is 5.43. The number of hydrogen-bond acceptors (Lipinski definition) is 6. The Morgan fingerprint density at radius 2 is 1.67 bits per heavy atom. The van der Waals surface area contributed by atoms with Crippen molar-refractivity contribution in [2.75, 3.05) is 19.0 Å². The summed E-state index contributed by atoms with van der Waals surface area (Å²) in [7, 11) is 3.82. The lowest BCUT2D eigenvalue weighted by atomic mass is 10.1. The number of carbonyl (C=O) groups is 2. The highest BCUT2D eigenvalue weighted by molar-refractivity contribution is 5.86. The summed E-state index contributed by atoms with van der Waals surface area (Å²) in [5, 5.41) is 0. The van der Waals surface area contributed by atoms with Gasteiger partial charge in [-0.2, -0.15) is 0 Å². The van der Waals surface area contributed by atoms with Crippen LogP contribution in [0.4, 0.5) is 10.5 Å². The van der Waals surface area contributed by atoms with E-state index in [4.69, 9.17) is 10.5 Å². The third-order valence-corrected chi connectivity index (χ3v) is 2.60. The van der Waals surface area contributed by atoms with E-state index < -0.39 is 23.8 Å². The Morgan fingerprint density at radius 3 is 2.10 bits per heavy atom. The number of carbonyl (C=O) groups excluding carboxylic acids is 2. The number of nitrogens with two attached hydrogens (primary N) is 1. The molecule has 0 amide bonds. The second-order valence-corrected chi connectivity index (χ2v) is 5.85. The first-order valence-electron chi connectivity index (χ1n) is 6.57. The van der Waals surface area contributed by atoms with Crippen LogP contribution >= 0.6 is 0 Å². The first-order valence-corrected chi connectivity index (χ1v) is 6.57. The van der Waals surface area contributed by atoms with Crippen molar-refractivity contribution in [2.24, 2.45) is 5.73 Å². The minimum atomic E-state index is -1.05. The summed E-state index contributed by atoms with van der Waals surface area (Å²) >= 11 is 0. The van der Waals surface area contributed by atoms with Crippen LogP contribution in [0.3, 0.4) is 0 Å². The monoisotopic (exact) mass is 294 g/mol. The molecule has 1 aromatic carbocycles. The van der Waals surface area contributed by atoms with Gasteiger partial charge in [0.05, 0.1) is 0 Å². The molecule has 1 unspecified atom stereocenters. The quantitative estimate of drug-likeness (QED) is 0.680. The predicted molar refractivity (Wildman–Crippen MR) is 80.0 cm³/mol. The molecule has 0 heterocycles. The van der Waals surface area contributed by atoms with Crippen molar-refractivity contribution in [3.05, 3.63) is 29.8 Å². The van der Waals surface area contributed by atoms with Gasteiger partial charge in [-0.05, 0) is 38.5 Å². The molecule has 0 bridgehead atoms. The Hall–Kier alpha value is -2.08. The van der Waals surface area contributed by atoms with Gasteiger partial charge in [0, 0.05) is 19.8 Å². The van der Waals surface area contributed by atoms with Crippen LogP contribution in [0.2, 0.25) is 0 Å². The Kier molecular flexibility index (Phi) is 5.32. The minimum absolute atomic E-state index is 0.564. The van der Waals surface area contributed by atoms with Crippen LogP contribution < -0.4 is 10.6 Å². The molecule has 0 aliphatic heterocycles. The third-order valence-electron chi connectivity index (χ3n) is 2.60. The van der Waals surface area contributed by atoms with Gasteiger partial charge in [-0.1, -0.05) is 12.1 Å². The largest absolute Gasteiger partial charge is 0.516 e. The molecule has 21 heavy (non-hydrogen) atoms. The van der Waals surface area contributed by atoms with Gasteiger partial charge >= 0.3 is 12.1 Å². The molecule has 1 aromatic rings. The topological polar surface area (TPSA) is 81.9 Å². The number of ether oxygens (including phenoxy) is 2. The van der Waals surface area contributed by atoms with Crippen molar-refractivity contribution >= 4 is 17.8 Å². The fourth-order valence-corrected chi connectivity index (χ4v) is 1.53. The van der Waals surface area contributed by atoms with Gasteiger partial charge in [0.1, 0.15) is 11.6 Å². The van der Waals surface area contributed by atoms with Crippen LogP contribution in [0.5, 0.6) is 0 Å². The molecule has 2 N–H and O–H groups in total. The molecule has 6 heteroatoms. The fourth-order valence-electron chi connectivity index (χ4n) is 1.53.